The van der Waals surface area contributed by atoms with Crippen LogP contribution in [0.1, 0.15) is 23.3 Å². The summed E-state index contributed by atoms with van der Waals surface area (Å²) in [6, 6.07) is 9.11. The van der Waals surface area contributed by atoms with Gasteiger partial charge < -0.3 is 14.6 Å². The normalized spacial score (nSPS) is 15.2. The van der Waals surface area contributed by atoms with Crippen LogP contribution in [-0.2, 0) is 4.79 Å². The van der Waals surface area contributed by atoms with Gasteiger partial charge in [-0.05, 0) is 55.6 Å². The van der Waals surface area contributed by atoms with Crippen molar-refractivity contribution in [1.82, 2.24) is 4.90 Å². The van der Waals surface area contributed by atoms with Crippen LogP contribution in [0.4, 0.5) is 0 Å². The molecule has 0 spiro atoms. The third-order valence-corrected chi connectivity index (χ3v) is 5.30. The van der Waals surface area contributed by atoms with Gasteiger partial charge in [0.2, 0.25) is 0 Å². The zero-order chi connectivity index (χ0) is 18.4. The number of rotatable bonds is 8. The number of thiophene rings is 1. The molecule has 0 radical (unpaired) electrons. The lowest BCUT2D eigenvalue weighted by molar-refractivity contribution is -0.130. The van der Waals surface area contributed by atoms with Gasteiger partial charge in [0.1, 0.15) is 18.1 Å². The van der Waals surface area contributed by atoms with E-state index < -0.39 is 5.97 Å². The van der Waals surface area contributed by atoms with Crippen LogP contribution in [0.3, 0.4) is 0 Å². The highest BCUT2D eigenvalue weighted by Crippen LogP contribution is 2.30. The van der Waals surface area contributed by atoms with Crippen LogP contribution in [0.2, 0.25) is 0 Å². The Bertz CT molecular complexity index is 764. The highest BCUT2D eigenvalue weighted by atomic mass is 32.1. The van der Waals surface area contributed by atoms with E-state index in [4.69, 9.17) is 9.47 Å². The van der Waals surface area contributed by atoms with E-state index in [1.54, 1.807) is 13.2 Å². The van der Waals surface area contributed by atoms with Crippen molar-refractivity contribution in [1.29, 1.82) is 0 Å². The Morgan fingerprint density at radius 1 is 1.31 bits per heavy atom. The minimum Gasteiger partial charge on any atom is -0.497 e. The molecule has 0 saturated carbocycles. The molecule has 2 heterocycles. The van der Waals surface area contributed by atoms with Crippen LogP contribution in [0.5, 0.6) is 11.5 Å². The molecule has 0 aliphatic carbocycles. The van der Waals surface area contributed by atoms with E-state index in [1.807, 2.05) is 35.7 Å². The summed E-state index contributed by atoms with van der Waals surface area (Å²) in [5.74, 6) is 0.372. The lowest BCUT2D eigenvalue weighted by atomic mass is 10.1. The molecule has 1 aromatic heterocycles. The average Bonchev–Trinajstić information content (AvgIpc) is 3.34. The topological polar surface area (TPSA) is 59.0 Å². The quantitative estimate of drug-likeness (QED) is 0.712. The molecule has 6 heteroatoms. The van der Waals surface area contributed by atoms with Crippen LogP contribution >= 0.6 is 11.3 Å². The van der Waals surface area contributed by atoms with Gasteiger partial charge in [0.25, 0.3) is 0 Å². The molecule has 2 aromatic rings. The molecule has 0 amide bonds. The molecule has 0 unspecified atom stereocenters. The lowest BCUT2D eigenvalue weighted by Crippen LogP contribution is -2.25. The Kier molecular flexibility index (Phi) is 6.30. The van der Waals surface area contributed by atoms with E-state index in [9.17, 15) is 9.90 Å². The maximum atomic E-state index is 11.7. The molecule has 1 aromatic carbocycles. The molecule has 1 fully saturated rings. The third kappa shape index (κ3) is 4.65. The van der Waals surface area contributed by atoms with Gasteiger partial charge in [0.05, 0.1) is 12.7 Å². The van der Waals surface area contributed by atoms with Gasteiger partial charge in [-0.25, -0.2) is 4.79 Å². The maximum absolute atomic E-state index is 11.7. The number of nitrogens with zero attached hydrogens (tertiary/aromatic N) is 1. The van der Waals surface area contributed by atoms with Crippen molar-refractivity contribution in [2.75, 3.05) is 33.4 Å². The largest absolute Gasteiger partial charge is 0.497 e. The maximum Gasteiger partial charge on any atom is 0.337 e. The molecule has 0 atom stereocenters. The molecule has 1 aliphatic heterocycles. The Balaban J connectivity index is 1.82. The van der Waals surface area contributed by atoms with Crippen molar-refractivity contribution < 1.29 is 19.4 Å². The van der Waals surface area contributed by atoms with Crippen LogP contribution in [-0.4, -0.2) is 49.3 Å². The summed E-state index contributed by atoms with van der Waals surface area (Å²) in [4.78, 5) is 14.8. The second-order valence-corrected chi connectivity index (χ2v) is 7.09. The second-order valence-electron chi connectivity index (χ2n) is 6.14. The SMILES string of the molecule is COc1ccc(/C=C(\C(=O)O)c2cccs2)c(OCCN2CCCC2)c1. The summed E-state index contributed by atoms with van der Waals surface area (Å²) >= 11 is 1.41. The number of carboxylic acid groups (broad SMARTS) is 1. The number of aliphatic carboxylic acids is 1. The predicted octanol–water partition coefficient (Wildman–Crippen LogP) is 3.86. The van der Waals surface area contributed by atoms with Crippen LogP contribution in [0, 0.1) is 0 Å². The molecule has 0 bridgehead atoms. The number of hydrogen-bond donors (Lipinski definition) is 1. The average molecular weight is 373 g/mol. The van der Waals surface area contributed by atoms with E-state index >= 15 is 0 Å². The Morgan fingerprint density at radius 3 is 2.77 bits per heavy atom. The Labute approximate surface area is 157 Å². The highest BCUT2D eigenvalue weighted by molar-refractivity contribution is 7.11. The molecule has 26 heavy (non-hydrogen) atoms. The summed E-state index contributed by atoms with van der Waals surface area (Å²) in [6.07, 6.45) is 4.16. The number of hydrogen-bond acceptors (Lipinski definition) is 5. The fourth-order valence-electron chi connectivity index (χ4n) is 3.00. The Morgan fingerprint density at radius 2 is 2.12 bits per heavy atom. The molecule has 1 aliphatic rings. The summed E-state index contributed by atoms with van der Waals surface area (Å²) in [6.45, 7) is 3.68. The van der Waals surface area contributed by atoms with Crippen LogP contribution < -0.4 is 9.47 Å². The van der Waals surface area contributed by atoms with E-state index in [1.165, 1.54) is 24.2 Å². The minimum absolute atomic E-state index is 0.259. The summed E-state index contributed by atoms with van der Waals surface area (Å²) in [5, 5.41) is 11.5. The van der Waals surface area contributed by atoms with Gasteiger partial charge in [0.15, 0.2) is 0 Å². The number of carboxylic acids is 1. The molecular formula is C20H23NO4S. The van der Waals surface area contributed by atoms with Crippen molar-refractivity contribution >= 4 is 29.0 Å². The minimum atomic E-state index is -0.953. The van der Waals surface area contributed by atoms with E-state index in [2.05, 4.69) is 4.90 Å². The number of carbonyl (C=O) groups is 1. The first-order chi connectivity index (χ1) is 12.7. The fourth-order valence-corrected chi connectivity index (χ4v) is 3.74. The fraction of sp³-hybridized carbons (Fsp3) is 0.350. The number of methoxy groups -OCH3 is 1. The third-order valence-electron chi connectivity index (χ3n) is 4.40. The second kappa shape index (κ2) is 8.87. The zero-order valence-corrected chi connectivity index (χ0v) is 15.6. The lowest BCUT2D eigenvalue weighted by Gasteiger charge is -2.16. The first-order valence-electron chi connectivity index (χ1n) is 8.69. The standard InChI is InChI=1S/C20H23NO4S/c1-24-16-7-6-15(13-17(20(22)23)19-5-4-12-26-19)18(14-16)25-11-10-21-8-2-3-9-21/h4-7,12-14H,2-3,8-11H2,1H3,(H,22,23)/b17-13-. The van der Waals surface area contributed by atoms with Gasteiger partial charge in [-0.15, -0.1) is 11.3 Å². The van der Waals surface area contributed by atoms with Gasteiger partial charge in [-0.3, -0.25) is 4.90 Å². The van der Waals surface area contributed by atoms with Crippen molar-refractivity contribution in [2.45, 2.75) is 12.8 Å². The van der Waals surface area contributed by atoms with E-state index in [0.29, 0.717) is 18.1 Å². The van der Waals surface area contributed by atoms with Gasteiger partial charge in [0, 0.05) is 23.1 Å². The summed E-state index contributed by atoms with van der Waals surface area (Å²) in [7, 11) is 1.60. The van der Waals surface area contributed by atoms with E-state index in [0.717, 1.165) is 30.1 Å². The monoisotopic (exact) mass is 373 g/mol. The zero-order valence-electron chi connectivity index (χ0n) is 14.8. The molecule has 1 saturated heterocycles. The van der Waals surface area contributed by atoms with Crippen LogP contribution in [0.25, 0.3) is 11.6 Å². The smallest absolute Gasteiger partial charge is 0.337 e. The Hall–Kier alpha value is -2.31. The molecule has 138 valence electrons. The highest BCUT2D eigenvalue weighted by Gasteiger charge is 2.15. The van der Waals surface area contributed by atoms with Gasteiger partial charge in [-0.2, -0.15) is 0 Å². The van der Waals surface area contributed by atoms with Crippen molar-refractivity contribution in [3.63, 3.8) is 0 Å². The number of benzene rings is 1. The first kappa shape index (κ1) is 18.5. The van der Waals surface area contributed by atoms with Gasteiger partial charge in [-0.1, -0.05) is 6.07 Å². The van der Waals surface area contributed by atoms with Crippen molar-refractivity contribution in [2.24, 2.45) is 0 Å². The van der Waals surface area contributed by atoms with Crippen molar-refractivity contribution in [3.05, 3.63) is 46.2 Å². The van der Waals surface area contributed by atoms with Gasteiger partial charge >= 0.3 is 5.97 Å². The predicted molar refractivity (Wildman–Crippen MR) is 104 cm³/mol. The molecule has 5 nitrogen and oxygen atoms in total. The van der Waals surface area contributed by atoms with Crippen molar-refractivity contribution in [3.8, 4) is 11.5 Å². The molecule has 3 rings (SSSR count). The molecular weight excluding hydrogens is 350 g/mol. The molecule has 1 N–H and O–H groups in total. The number of likely N-dealkylation sites (tertiary alicyclic amines) is 1. The number of ether oxygens (including phenoxy) is 2. The van der Waals surface area contributed by atoms with Crippen LogP contribution in [0.15, 0.2) is 35.7 Å². The first-order valence-corrected chi connectivity index (χ1v) is 9.57. The summed E-state index contributed by atoms with van der Waals surface area (Å²) < 4.78 is 11.3. The van der Waals surface area contributed by atoms with E-state index in [-0.39, 0.29) is 5.57 Å². The summed E-state index contributed by atoms with van der Waals surface area (Å²) in [5.41, 5.74) is 0.993.